The summed E-state index contributed by atoms with van der Waals surface area (Å²) in [5, 5.41) is 28.6. The molecule has 0 aliphatic heterocycles. The molecule has 0 radical (unpaired) electrons. The molecule has 0 amide bonds. The van der Waals surface area contributed by atoms with Crippen LogP contribution in [0.2, 0.25) is 0 Å². The predicted octanol–water partition coefficient (Wildman–Crippen LogP) is 1.85. The molecule has 0 fully saturated rings. The van der Waals surface area contributed by atoms with Crippen molar-refractivity contribution < 1.29 is 9.85 Å². The van der Waals surface area contributed by atoms with Crippen LogP contribution >= 0.6 is 0 Å². The quantitative estimate of drug-likeness (QED) is 0.658. The van der Waals surface area contributed by atoms with Crippen LogP contribution in [0.4, 0.5) is 17.2 Å². The van der Waals surface area contributed by atoms with Crippen molar-refractivity contribution in [3.05, 3.63) is 56.3 Å². The summed E-state index contributed by atoms with van der Waals surface area (Å²) < 4.78 is 1.59. The molecule has 1 aromatic heterocycles. The fourth-order valence-corrected chi connectivity index (χ4v) is 1.68. The van der Waals surface area contributed by atoms with E-state index in [4.69, 9.17) is 0 Å². The van der Waals surface area contributed by atoms with Gasteiger partial charge in [-0.25, -0.2) is 0 Å². The monoisotopic (exact) mass is 277 g/mol. The van der Waals surface area contributed by atoms with Crippen LogP contribution in [0.15, 0.2) is 30.5 Å². The van der Waals surface area contributed by atoms with Crippen LogP contribution in [0, 0.1) is 20.2 Å². The first kappa shape index (κ1) is 13.5. The molecule has 0 spiro atoms. The average Bonchev–Trinajstić information content (AvgIpc) is 2.81. The molecule has 0 aliphatic carbocycles. The Morgan fingerprint density at radius 3 is 2.55 bits per heavy atom. The molecule has 0 saturated carbocycles. The number of anilines is 1. The lowest BCUT2D eigenvalue weighted by Gasteiger charge is -2.04. The van der Waals surface area contributed by atoms with Crippen molar-refractivity contribution in [3.8, 4) is 0 Å². The topological polar surface area (TPSA) is 116 Å². The minimum absolute atomic E-state index is 0.158. The zero-order valence-electron chi connectivity index (χ0n) is 10.5. The van der Waals surface area contributed by atoms with Gasteiger partial charge in [-0.15, -0.1) is 0 Å². The third-order valence-corrected chi connectivity index (χ3v) is 2.65. The number of benzene rings is 1. The van der Waals surface area contributed by atoms with E-state index in [1.165, 1.54) is 12.1 Å². The fourth-order valence-electron chi connectivity index (χ4n) is 1.68. The maximum atomic E-state index is 10.9. The maximum absolute atomic E-state index is 10.9. The number of aromatic nitrogens is 2. The summed E-state index contributed by atoms with van der Waals surface area (Å²) in [6.07, 6.45) is 1.73. The second-order valence-electron chi connectivity index (χ2n) is 4.06. The molecule has 0 atom stereocenters. The molecule has 1 aromatic carbocycles. The van der Waals surface area contributed by atoms with Crippen LogP contribution in [-0.4, -0.2) is 19.6 Å². The highest BCUT2D eigenvalue weighted by Crippen LogP contribution is 2.25. The summed E-state index contributed by atoms with van der Waals surface area (Å²) in [4.78, 5) is 20.3. The second kappa shape index (κ2) is 5.34. The summed E-state index contributed by atoms with van der Waals surface area (Å²) >= 11 is 0. The molecule has 1 heterocycles. The van der Waals surface area contributed by atoms with Crippen molar-refractivity contribution in [1.29, 1.82) is 0 Å². The Labute approximate surface area is 113 Å². The van der Waals surface area contributed by atoms with Gasteiger partial charge in [0.1, 0.15) is 5.82 Å². The normalized spacial score (nSPS) is 10.2. The summed E-state index contributed by atoms with van der Waals surface area (Å²) in [5.74, 6) is 0.570. The van der Waals surface area contributed by atoms with Gasteiger partial charge in [-0.3, -0.25) is 24.9 Å². The van der Waals surface area contributed by atoms with Crippen LogP contribution in [0.3, 0.4) is 0 Å². The zero-order chi connectivity index (χ0) is 14.7. The predicted molar refractivity (Wildman–Crippen MR) is 70.3 cm³/mol. The highest BCUT2D eigenvalue weighted by molar-refractivity contribution is 5.50. The summed E-state index contributed by atoms with van der Waals surface area (Å²) in [6.45, 7) is 0.158. The van der Waals surface area contributed by atoms with E-state index in [-0.39, 0.29) is 17.9 Å². The molecule has 0 unspecified atom stereocenters. The lowest BCUT2D eigenvalue weighted by Crippen LogP contribution is -2.04. The van der Waals surface area contributed by atoms with Gasteiger partial charge >= 0.3 is 0 Å². The van der Waals surface area contributed by atoms with Gasteiger partial charge in [0.25, 0.3) is 11.4 Å². The van der Waals surface area contributed by atoms with E-state index in [1.54, 1.807) is 24.0 Å². The highest BCUT2D eigenvalue weighted by atomic mass is 16.6. The molecule has 2 rings (SSSR count). The van der Waals surface area contributed by atoms with E-state index >= 15 is 0 Å². The van der Waals surface area contributed by atoms with Crippen LogP contribution in [0.5, 0.6) is 0 Å². The van der Waals surface area contributed by atoms with E-state index < -0.39 is 9.85 Å². The van der Waals surface area contributed by atoms with Crippen LogP contribution in [0.25, 0.3) is 0 Å². The lowest BCUT2D eigenvalue weighted by atomic mass is 10.1. The Morgan fingerprint density at radius 2 is 2.00 bits per heavy atom. The van der Waals surface area contributed by atoms with E-state index in [0.717, 1.165) is 6.07 Å². The van der Waals surface area contributed by atoms with Crippen molar-refractivity contribution in [3.63, 3.8) is 0 Å². The first-order valence-electron chi connectivity index (χ1n) is 5.62. The number of non-ortho nitro benzene ring substituents is 1. The molecule has 0 saturated heterocycles. The smallest absolute Gasteiger partial charge is 0.281 e. The van der Waals surface area contributed by atoms with Gasteiger partial charge < -0.3 is 5.32 Å². The van der Waals surface area contributed by atoms with E-state index in [1.807, 2.05) is 0 Å². The van der Waals surface area contributed by atoms with Crippen molar-refractivity contribution in [1.82, 2.24) is 9.78 Å². The highest BCUT2D eigenvalue weighted by Gasteiger charge is 2.19. The molecule has 0 bridgehead atoms. The Kier molecular flexibility index (Phi) is 3.60. The van der Waals surface area contributed by atoms with Crippen LogP contribution < -0.4 is 5.32 Å². The Morgan fingerprint density at radius 1 is 1.25 bits per heavy atom. The number of rotatable bonds is 5. The fraction of sp³-hybridized carbons (Fsp3) is 0.182. The van der Waals surface area contributed by atoms with Gasteiger partial charge in [0.2, 0.25) is 0 Å². The van der Waals surface area contributed by atoms with E-state index in [9.17, 15) is 20.2 Å². The van der Waals surface area contributed by atoms with Crippen molar-refractivity contribution >= 4 is 17.2 Å². The van der Waals surface area contributed by atoms with Gasteiger partial charge in [-0.1, -0.05) is 0 Å². The van der Waals surface area contributed by atoms with Crippen LogP contribution in [0.1, 0.15) is 5.56 Å². The first-order chi connectivity index (χ1) is 9.47. The summed E-state index contributed by atoms with van der Waals surface area (Å²) in [6, 6.07) is 5.28. The van der Waals surface area contributed by atoms with E-state index in [0.29, 0.717) is 11.4 Å². The number of nitrogens with one attached hydrogen (secondary N) is 1. The number of nitro benzene ring substituents is 2. The summed E-state index contributed by atoms with van der Waals surface area (Å²) in [7, 11) is 1.75. The number of hydrogen-bond acceptors (Lipinski definition) is 6. The third kappa shape index (κ3) is 2.88. The van der Waals surface area contributed by atoms with Crippen LogP contribution in [-0.2, 0) is 13.6 Å². The largest absolute Gasteiger partial charge is 0.364 e. The maximum Gasteiger partial charge on any atom is 0.281 e. The SMILES string of the molecule is Cn1ccc(NCc2ccc([N+](=O)[O-])cc2[N+](=O)[O-])n1. The van der Waals surface area contributed by atoms with Crippen molar-refractivity contribution in [2.45, 2.75) is 6.54 Å². The average molecular weight is 277 g/mol. The minimum Gasteiger partial charge on any atom is -0.364 e. The molecule has 0 aliphatic rings. The molecular formula is C11H11N5O4. The third-order valence-electron chi connectivity index (χ3n) is 2.65. The minimum atomic E-state index is -0.664. The zero-order valence-corrected chi connectivity index (χ0v) is 10.5. The summed E-state index contributed by atoms with van der Waals surface area (Å²) in [5.41, 5.74) is -0.243. The van der Waals surface area contributed by atoms with E-state index in [2.05, 4.69) is 10.4 Å². The molecule has 20 heavy (non-hydrogen) atoms. The van der Waals surface area contributed by atoms with Crippen molar-refractivity contribution in [2.24, 2.45) is 7.05 Å². The molecule has 9 nitrogen and oxygen atoms in total. The Hall–Kier alpha value is -2.97. The standard InChI is InChI=1S/C11H11N5O4/c1-14-5-4-11(13-14)12-7-8-2-3-9(15(17)18)6-10(8)16(19)20/h2-6H,7H2,1H3,(H,12,13). The molecule has 1 N–H and O–H groups in total. The number of nitrogens with zero attached hydrogens (tertiary/aromatic N) is 4. The van der Waals surface area contributed by atoms with Gasteiger partial charge in [0, 0.05) is 37.5 Å². The van der Waals surface area contributed by atoms with Gasteiger partial charge in [-0.05, 0) is 6.07 Å². The Bertz CT molecular complexity index is 667. The lowest BCUT2D eigenvalue weighted by molar-refractivity contribution is -0.394. The number of nitro groups is 2. The van der Waals surface area contributed by atoms with Gasteiger partial charge in [-0.2, -0.15) is 5.10 Å². The Balaban J connectivity index is 2.22. The van der Waals surface area contributed by atoms with Gasteiger partial charge in [0.15, 0.2) is 0 Å². The molecular weight excluding hydrogens is 266 g/mol. The van der Waals surface area contributed by atoms with Crippen molar-refractivity contribution in [2.75, 3.05) is 5.32 Å². The molecule has 9 heteroatoms. The number of hydrogen-bond donors (Lipinski definition) is 1. The van der Waals surface area contributed by atoms with Gasteiger partial charge in [0.05, 0.1) is 15.9 Å². The second-order valence-corrected chi connectivity index (χ2v) is 4.06. The first-order valence-corrected chi connectivity index (χ1v) is 5.62. The molecule has 104 valence electrons. The number of aryl methyl sites for hydroxylation is 1. The molecule has 2 aromatic rings.